The molecule has 30 heavy (non-hydrogen) atoms. The second kappa shape index (κ2) is 8.20. The van der Waals surface area contributed by atoms with Gasteiger partial charge >= 0.3 is 12.8 Å². The Labute approximate surface area is 169 Å². The fourth-order valence-corrected chi connectivity index (χ4v) is 3.05. The van der Waals surface area contributed by atoms with Crippen molar-refractivity contribution in [1.29, 1.82) is 0 Å². The van der Waals surface area contributed by atoms with E-state index in [-0.39, 0.29) is 11.6 Å². The van der Waals surface area contributed by atoms with Crippen LogP contribution < -0.4 is 0 Å². The third-order valence-corrected chi connectivity index (χ3v) is 4.33. The highest BCUT2D eigenvalue weighted by atomic mass is 19.3. The van der Waals surface area contributed by atoms with Crippen LogP contribution in [-0.4, -0.2) is 27.9 Å². The van der Waals surface area contributed by atoms with Crippen molar-refractivity contribution >= 4 is 23.4 Å². The van der Waals surface area contributed by atoms with E-state index in [4.69, 9.17) is 0 Å². The van der Waals surface area contributed by atoms with E-state index < -0.39 is 12.8 Å². The quantitative estimate of drug-likeness (QED) is 0.251. The maximum Gasteiger partial charge on any atom is 0.390 e. The molecule has 4 rings (SSSR count). The Kier molecular flexibility index (Phi) is 5.30. The van der Waals surface area contributed by atoms with Gasteiger partial charge in [-0.3, -0.25) is 9.20 Å². The molecule has 150 valence electrons. The fraction of sp³-hybridized carbons (Fsp3) is 0.0455. The second-order valence-corrected chi connectivity index (χ2v) is 6.23. The van der Waals surface area contributed by atoms with Gasteiger partial charge < -0.3 is 4.74 Å². The monoisotopic (exact) mass is 409 g/mol. The summed E-state index contributed by atoms with van der Waals surface area (Å²) in [6.45, 7) is -3.35. The van der Waals surface area contributed by atoms with Crippen molar-refractivity contribution in [2.45, 2.75) is 6.61 Å². The van der Waals surface area contributed by atoms with Gasteiger partial charge in [0.1, 0.15) is 5.65 Å². The Morgan fingerprint density at radius 1 is 0.933 bits per heavy atom. The maximum atomic E-state index is 13.7. The molecule has 4 aromatic rings. The van der Waals surface area contributed by atoms with Crippen LogP contribution in [0.1, 0.15) is 15.9 Å². The standard InChI is InChI=1S/C22H14F3N3O2/c23-21(24)30-22(25)27-20-18(14-7-3-1-4-8-14)28-13-16(11-12-17(28)26-20)19(29)15-9-5-2-6-10-15/h1-13,21H. The predicted octanol–water partition coefficient (Wildman–Crippen LogP) is 5.43. The summed E-state index contributed by atoms with van der Waals surface area (Å²) in [4.78, 5) is 20.5. The van der Waals surface area contributed by atoms with Crippen LogP contribution in [0.25, 0.3) is 16.9 Å². The van der Waals surface area contributed by atoms with Crippen LogP contribution in [0.3, 0.4) is 0 Å². The van der Waals surface area contributed by atoms with Gasteiger partial charge in [0.2, 0.25) is 0 Å². The Hall–Kier alpha value is -3.94. The van der Waals surface area contributed by atoms with E-state index in [9.17, 15) is 18.0 Å². The Morgan fingerprint density at radius 3 is 2.27 bits per heavy atom. The van der Waals surface area contributed by atoms with Crippen molar-refractivity contribution in [1.82, 2.24) is 9.38 Å². The van der Waals surface area contributed by atoms with Crippen molar-refractivity contribution in [2.24, 2.45) is 4.99 Å². The van der Waals surface area contributed by atoms with Gasteiger partial charge in [0.05, 0.1) is 5.69 Å². The number of carbonyl (C=O) groups excluding carboxylic acids is 1. The molecule has 0 amide bonds. The number of imidazole rings is 1. The summed E-state index contributed by atoms with van der Waals surface area (Å²) in [6.07, 6.45) is -0.142. The first-order chi connectivity index (χ1) is 14.5. The molecule has 0 saturated carbocycles. The molecule has 0 aliphatic rings. The number of ether oxygens (including phenoxy) is 1. The summed E-state index contributed by atoms with van der Waals surface area (Å²) in [5.74, 6) is -0.355. The number of hydrogen-bond acceptors (Lipinski definition) is 4. The second-order valence-electron chi connectivity index (χ2n) is 6.23. The minimum absolute atomic E-state index is 0.149. The van der Waals surface area contributed by atoms with Crippen molar-refractivity contribution in [3.8, 4) is 11.3 Å². The van der Waals surface area contributed by atoms with E-state index in [0.29, 0.717) is 28.0 Å². The molecule has 5 nitrogen and oxygen atoms in total. The van der Waals surface area contributed by atoms with E-state index in [0.717, 1.165) is 0 Å². The smallest absolute Gasteiger partial charge is 0.390 e. The molecule has 0 aliphatic carbocycles. The highest BCUT2D eigenvalue weighted by molar-refractivity contribution is 6.09. The van der Waals surface area contributed by atoms with E-state index in [2.05, 4.69) is 14.7 Å². The van der Waals surface area contributed by atoms with Crippen LogP contribution >= 0.6 is 0 Å². The topological polar surface area (TPSA) is 56.0 Å². The molecule has 8 heteroatoms. The van der Waals surface area contributed by atoms with Crippen molar-refractivity contribution < 1.29 is 22.7 Å². The van der Waals surface area contributed by atoms with Gasteiger partial charge in [-0.1, -0.05) is 60.7 Å². The number of aliphatic imine (C=N–C) groups is 1. The van der Waals surface area contributed by atoms with Crippen LogP contribution in [0.4, 0.5) is 19.0 Å². The van der Waals surface area contributed by atoms with Gasteiger partial charge in [-0.05, 0) is 12.1 Å². The van der Waals surface area contributed by atoms with E-state index in [1.165, 1.54) is 0 Å². The Morgan fingerprint density at radius 2 is 1.60 bits per heavy atom. The minimum atomic E-state index is -3.35. The van der Waals surface area contributed by atoms with Crippen LogP contribution in [0.15, 0.2) is 84.0 Å². The first-order valence-corrected chi connectivity index (χ1v) is 8.89. The number of fused-ring (bicyclic) bond motifs is 1. The molecule has 2 aromatic heterocycles. The Balaban J connectivity index is 1.88. The number of carbonyl (C=O) groups is 1. The highest BCUT2D eigenvalue weighted by Gasteiger charge is 2.18. The number of aromatic nitrogens is 2. The summed E-state index contributed by atoms with van der Waals surface area (Å²) in [5.41, 5.74) is 2.19. The molecule has 0 bridgehead atoms. The number of benzene rings is 2. The molecule has 2 heterocycles. The Bertz CT molecular complexity index is 1220. The lowest BCUT2D eigenvalue weighted by molar-refractivity contribution is -0.0688. The lowest BCUT2D eigenvalue weighted by atomic mass is 10.1. The maximum absolute atomic E-state index is 13.7. The zero-order valence-corrected chi connectivity index (χ0v) is 15.4. The minimum Gasteiger partial charge on any atom is -0.393 e. The van der Waals surface area contributed by atoms with E-state index in [1.807, 2.05) is 6.07 Å². The molecule has 0 N–H and O–H groups in total. The van der Waals surface area contributed by atoms with E-state index >= 15 is 0 Å². The molecule has 0 radical (unpaired) electrons. The largest absolute Gasteiger partial charge is 0.393 e. The summed E-state index contributed by atoms with van der Waals surface area (Å²) >= 11 is 0. The molecule has 0 aliphatic heterocycles. The van der Waals surface area contributed by atoms with Gasteiger partial charge in [0.25, 0.3) is 0 Å². The number of pyridine rings is 1. The van der Waals surface area contributed by atoms with Gasteiger partial charge in [-0.25, -0.2) is 4.98 Å². The number of halogens is 3. The first-order valence-electron chi connectivity index (χ1n) is 8.89. The van der Waals surface area contributed by atoms with Crippen LogP contribution in [-0.2, 0) is 4.74 Å². The van der Waals surface area contributed by atoms with Crippen LogP contribution in [0, 0.1) is 0 Å². The molecule has 0 fully saturated rings. The average molecular weight is 409 g/mol. The van der Waals surface area contributed by atoms with Gasteiger partial charge in [-0.15, -0.1) is 4.39 Å². The van der Waals surface area contributed by atoms with Crippen molar-refractivity contribution in [3.63, 3.8) is 0 Å². The van der Waals surface area contributed by atoms with Crippen LogP contribution in [0.2, 0.25) is 0 Å². The highest BCUT2D eigenvalue weighted by Crippen LogP contribution is 2.32. The summed E-state index contributed by atoms with van der Waals surface area (Å²) in [6, 6.07) is 20.7. The number of rotatable bonds is 5. The van der Waals surface area contributed by atoms with Crippen molar-refractivity contribution in [3.05, 3.63) is 90.1 Å². The first kappa shape index (κ1) is 19.4. The third-order valence-electron chi connectivity index (χ3n) is 4.33. The van der Waals surface area contributed by atoms with Gasteiger partial charge in [0, 0.05) is 22.9 Å². The zero-order chi connectivity index (χ0) is 21.1. The third kappa shape index (κ3) is 3.93. The molecule has 2 aromatic carbocycles. The van der Waals surface area contributed by atoms with Crippen molar-refractivity contribution in [2.75, 3.05) is 0 Å². The molecule has 0 saturated heterocycles. The number of nitrogens with zero attached hydrogens (tertiary/aromatic N) is 3. The SMILES string of the molecule is O=C(c1ccccc1)c1ccc2nc(N=C(F)OC(F)F)c(-c3ccccc3)n2c1. The number of ketones is 1. The fourth-order valence-electron chi connectivity index (χ4n) is 3.05. The summed E-state index contributed by atoms with van der Waals surface area (Å²) in [7, 11) is 0. The van der Waals surface area contributed by atoms with Gasteiger partial charge in [0.15, 0.2) is 11.6 Å². The van der Waals surface area contributed by atoms with E-state index in [1.54, 1.807) is 77.3 Å². The normalized spacial score (nSPS) is 11.8. The van der Waals surface area contributed by atoms with Gasteiger partial charge in [-0.2, -0.15) is 13.8 Å². The molecule has 0 spiro atoms. The summed E-state index contributed by atoms with van der Waals surface area (Å²) < 4.78 is 43.6. The average Bonchev–Trinajstić information content (AvgIpc) is 3.10. The molecule has 0 atom stereocenters. The summed E-state index contributed by atoms with van der Waals surface area (Å²) in [5, 5.41) is 0. The number of alkyl halides is 2. The van der Waals surface area contributed by atoms with Crippen LogP contribution in [0.5, 0.6) is 0 Å². The molecule has 0 unspecified atom stereocenters. The lowest BCUT2D eigenvalue weighted by Crippen LogP contribution is -2.03. The number of hydrogen-bond donors (Lipinski definition) is 0. The lowest BCUT2D eigenvalue weighted by Gasteiger charge is -2.06. The predicted molar refractivity (Wildman–Crippen MR) is 106 cm³/mol. The molecular weight excluding hydrogens is 395 g/mol. The molecular formula is C22H14F3N3O2. The zero-order valence-electron chi connectivity index (χ0n) is 15.4.